The van der Waals surface area contributed by atoms with Gasteiger partial charge in [-0.3, -0.25) is 4.79 Å². The van der Waals surface area contributed by atoms with Gasteiger partial charge in [-0.15, -0.1) is 11.3 Å². The number of fused-ring (bicyclic) bond motifs is 1. The van der Waals surface area contributed by atoms with Crippen LogP contribution in [0.4, 0.5) is 10.2 Å². The zero-order valence-electron chi connectivity index (χ0n) is 11.0. The van der Waals surface area contributed by atoms with Crippen molar-refractivity contribution in [2.24, 2.45) is 5.73 Å². The highest BCUT2D eigenvalue weighted by atomic mass is 35.5. The lowest BCUT2D eigenvalue weighted by Crippen LogP contribution is -2.11. The Morgan fingerprint density at radius 3 is 2.95 bits per heavy atom. The Morgan fingerprint density at radius 1 is 1.41 bits per heavy atom. The number of nitrogens with two attached hydrogens (primary N) is 1. The van der Waals surface area contributed by atoms with Gasteiger partial charge in [0.25, 0.3) is 5.91 Å². The minimum Gasteiger partial charge on any atom is -0.364 e. The average molecular weight is 338 g/mol. The molecule has 0 unspecified atom stereocenters. The van der Waals surface area contributed by atoms with E-state index in [0.29, 0.717) is 28.3 Å². The van der Waals surface area contributed by atoms with E-state index in [9.17, 15) is 9.18 Å². The summed E-state index contributed by atoms with van der Waals surface area (Å²) in [5.41, 5.74) is 5.89. The van der Waals surface area contributed by atoms with E-state index < -0.39 is 11.7 Å². The number of benzene rings is 1. The molecule has 6 nitrogen and oxygen atoms in total. The smallest absolute Gasteiger partial charge is 0.268 e. The quantitative estimate of drug-likeness (QED) is 0.763. The first-order valence-corrected chi connectivity index (χ1v) is 7.38. The predicted octanol–water partition coefficient (Wildman–Crippen LogP) is 2.59. The molecule has 0 spiro atoms. The van der Waals surface area contributed by atoms with Gasteiger partial charge in [-0.25, -0.2) is 19.3 Å². The summed E-state index contributed by atoms with van der Waals surface area (Å²) >= 11 is 7.03. The van der Waals surface area contributed by atoms with E-state index in [1.807, 2.05) is 0 Å². The van der Waals surface area contributed by atoms with E-state index in [4.69, 9.17) is 17.3 Å². The van der Waals surface area contributed by atoms with Crippen LogP contribution >= 0.6 is 22.9 Å². The van der Waals surface area contributed by atoms with Gasteiger partial charge in [0.1, 0.15) is 28.7 Å². The fourth-order valence-corrected chi connectivity index (χ4v) is 2.74. The maximum absolute atomic E-state index is 13.6. The molecule has 3 rings (SSSR count). The highest BCUT2D eigenvalue weighted by Gasteiger charge is 2.10. The summed E-state index contributed by atoms with van der Waals surface area (Å²) in [5.74, 6) is -0.666. The van der Waals surface area contributed by atoms with Gasteiger partial charge >= 0.3 is 0 Å². The number of halogens is 2. The molecule has 0 aliphatic carbocycles. The van der Waals surface area contributed by atoms with Crippen molar-refractivity contribution >= 4 is 45.6 Å². The minimum absolute atomic E-state index is 0.00294. The molecule has 0 saturated carbocycles. The number of amides is 1. The van der Waals surface area contributed by atoms with E-state index >= 15 is 0 Å². The lowest BCUT2D eigenvalue weighted by atomic mass is 10.2. The molecule has 0 saturated heterocycles. The van der Waals surface area contributed by atoms with Crippen LogP contribution in [0.1, 0.15) is 15.5 Å². The van der Waals surface area contributed by atoms with E-state index in [0.717, 1.165) is 0 Å². The SMILES string of the molecule is NC(=O)c1csc(CNc2ncnc3cc(Cl)c(F)cc23)n1. The molecular formula is C13H9ClFN5OS. The van der Waals surface area contributed by atoms with Crippen LogP contribution in [0.25, 0.3) is 10.9 Å². The number of primary amides is 1. The molecule has 0 aliphatic rings. The standard InChI is InChI=1S/C13H9ClFN5OS/c14-7-2-9-6(1-8(7)15)13(19-5-18-9)17-3-11-20-10(4-22-11)12(16)21/h1-2,4-5H,3H2,(H2,16,21)(H,17,18,19). The molecule has 9 heteroatoms. The Kier molecular flexibility index (Phi) is 3.86. The lowest BCUT2D eigenvalue weighted by molar-refractivity contribution is 0.0996. The molecule has 1 aromatic carbocycles. The van der Waals surface area contributed by atoms with Gasteiger partial charge < -0.3 is 11.1 Å². The van der Waals surface area contributed by atoms with Gasteiger partial charge in [-0.2, -0.15) is 0 Å². The van der Waals surface area contributed by atoms with Crippen LogP contribution < -0.4 is 11.1 Å². The molecule has 0 aliphatic heterocycles. The molecule has 0 fully saturated rings. The molecule has 3 N–H and O–H groups in total. The maximum Gasteiger partial charge on any atom is 0.268 e. The summed E-state index contributed by atoms with van der Waals surface area (Å²) in [5, 5.41) is 5.79. The van der Waals surface area contributed by atoms with Crippen LogP contribution in [0, 0.1) is 5.82 Å². The first-order valence-electron chi connectivity index (χ1n) is 6.12. The highest BCUT2D eigenvalue weighted by Crippen LogP contribution is 2.25. The van der Waals surface area contributed by atoms with Crippen LogP contribution in [-0.4, -0.2) is 20.9 Å². The van der Waals surface area contributed by atoms with Crippen molar-refractivity contribution < 1.29 is 9.18 Å². The Balaban J connectivity index is 1.87. The molecule has 112 valence electrons. The van der Waals surface area contributed by atoms with Crippen molar-refractivity contribution in [1.82, 2.24) is 15.0 Å². The van der Waals surface area contributed by atoms with Crippen LogP contribution in [0.3, 0.4) is 0 Å². The fourth-order valence-electron chi connectivity index (χ4n) is 1.86. The molecule has 0 bridgehead atoms. The van der Waals surface area contributed by atoms with Gasteiger partial charge in [0.2, 0.25) is 0 Å². The monoisotopic (exact) mass is 337 g/mol. The van der Waals surface area contributed by atoms with E-state index in [-0.39, 0.29) is 10.7 Å². The van der Waals surface area contributed by atoms with Gasteiger partial charge in [-0.05, 0) is 12.1 Å². The highest BCUT2D eigenvalue weighted by molar-refractivity contribution is 7.09. The normalized spacial score (nSPS) is 10.8. The Morgan fingerprint density at radius 2 is 2.23 bits per heavy atom. The largest absolute Gasteiger partial charge is 0.364 e. The number of carbonyl (C=O) groups excluding carboxylic acids is 1. The summed E-state index contributed by atoms with van der Waals surface area (Å²) in [7, 11) is 0. The molecule has 0 atom stereocenters. The summed E-state index contributed by atoms with van der Waals surface area (Å²) in [6.45, 7) is 0.328. The van der Waals surface area contributed by atoms with Crippen molar-refractivity contribution in [3.63, 3.8) is 0 Å². The predicted molar refractivity (Wildman–Crippen MR) is 82.5 cm³/mol. The average Bonchev–Trinajstić information content (AvgIpc) is 2.95. The van der Waals surface area contributed by atoms with Crippen LogP contribution in [0.2, 0.25) is 5.02 Å². The maximum atomic E-state index is 13.6. The van der Waals surface area contributed by atoms with Crippen molar-refractivity contribution in [2.45, 2.75) is 6.54 Å². The third kappa shape index (κ3) is 2.83. The summed E-state index contributed by atoms with van der Waals surface area (Å²) in [4.78, 5) is 23.2. The number of carbonyl (C=O) groups is 1. The second-order valence-corrected chi connectivity index (χ2v) is 5.70. The molecule has 22 heavy (non-hydrogen) atoms. The molecular weight excluding hydrogens is 329 g/mol. The Labute approximate surface area is 133 Å². The zero-order valence-corrected chi connectivity index (χ0v) is 12.6. The third-order valence-corrected chi connectivity index (χ3v) is 4.03. The van der Waals surface area contributed by atoms with Crippen molar-refractivity contribution in [2.75, 3.05) is 5.32 Å². The first kappa shape index (κ1) is 14.6. The fraction of sp³-hybridized carbons (Fsp3) is 0.0769. The van der Waals surface area contributed by atoms with E-state index in [2.05, 4.69) is 20.3 Å². The summed E-state index contributed by atoms with van der Waals surface area (Å²) in [6, 6.07) is 2.71. The second kappa shape index (κ2) is 5.82. The number of thiazole rings is 1. The van der Waals surface area contributed by atoms with Gasteiger partial charge in [0, 0.05) is 10.8 Å². The van der Waals surface area contributed by atoms with Gasteiger partial charge in [-0.1, -0.05) is 11.6 Å². The molecule has 0 radical (unpaired) electrons. The van der Waals surface area contributed by atoms with Crippen molar-refractivity contribution in [1.29, 1.82) is 0 Å². The molecule has 1 amide bonds. The minimum atomic E-state index is -0.577. The summed E-state index contributed by atoms with van der Waals surface area (Å²) < 4.78 is 13.6. The molecule has 3 aromatic rings. The first-order chi connectivity index (χ1) is 10.5. The molecule has 2 aromatic heterocycles. The second-order valence-electron chi connectivity index (χ2n) is 4.35. The number of nitrogens with one attached hydrogen (secondary N) is 1. The zero-order chi connectivity index (χ0) is 15.7. The summed E-state index contributed by atoms with van der Waals surface area (Å²) in [6.07, 6.45) is 1.36. The lowest BCUT2D eigenvalue weighted by Gasteiger charge is -2.07. The number of hydrogen-bond acceptors (Lipinski definition) is 6. The van der Waals surface area contributed by atoms with E-state index in [1.165, 1.54) is 29.8 Å². The van der Waals surface area contributed by atoms with Crippen molar-refractivity contribution in [3.05, 3.63) is 45.4 Å². The number of hydrogen-bond donors (Lipinski definition) is 2. The number of nitrogens with zero attached hydrogens (tertiary/aromatic N) is 3. The topological polar surface area (TPSA) is 93.8 Å². The van der Waals surface area contributed by atoms with Crippen LogP contribution in [-0.2, 0) is 6.54 Å². The van der Waals surface area contributed by atoms with Gasteiger partial charge in [0.15, 0.2) is 0 Å². The van der Waals surface area contributed by atoms with Crippen LogP contribution in [0.15, 0.2) is 23.8 Å². The third-order valence-electron chi connectivity index (χ3n) is 2.89. The van der Waals surface area contributed by atoms with Crippen molar-refractivity contribution in [3.8, 4) is 0 Å². The molecule has 2 heterocycles. The van der Waals surface area contributed by atoms with Crippen LogP contribution in [0.5, 0.6) is 0 Å². The number of aromatic nitrogens is 3. The van der Waals surface area contributed by atoms with Gasteiger partial charge in [0.05, 0.1) is 17.1 Å². The van der Waals surface area contributed by atoms with E-state index in [1.54, 1.807) is 5.38 Å². The number of anilines is 1. The Hall–Kier alpha value is -2.32. The number of rotatable bonds is 4. The Bertz CT molecular complexity index is 869.